The average Bonchev–Trinajstić information content (AvgIpc) is 2.63. The van der Waals surface area contributed by atoms with Crippen LogP contribution in [0.4, 0.5) is 4.79 Å². The quantitative estimate of drug-likeness (QED) is 0.691. The predicted molar refractivity (Wildman–Crippen MR) is 47.8 cm³/mol. The van der Waals surface area contributed by atoms with Crippen molar-refractivity contribution in [3.8, 4) is 0 Å². The number of hydrogen-bond acceptors (Lipinski definition) is 4. The third-order valence-corrected chi connectivity index (χ3v) is 2.27. The minimum atomic E-state index is -0.369. The molecule has 4 nitrogen and oxygen atoms in total. The van der Waals surface area contributed by atoms with Gasteiger partial charge in [0, 0.05) is 6.08 Å². The van der Waals surface area contributed by atoms with Gasteiger partial charge in [-0.25, -0.2) is 0 Å². The van der Waals surface area contributed by atoms with Gasteiger partial charge in [-0.1, -0.05) is 0 Å². The third kappa shape index (κ3) is 1.65. The van der Waals surface area contributed by atoms with Crippen LogP contribution in [0.15, 0.2) is 27.7 Å². The smallest absolute Gasteiger partial charge is 0.290 e. The minimum Gasteiger partial charge on any atom is -0.465 e. The first-order chi connectivity index (χ1) is 6.25. The molecule has 0 bridgehead atoms. The number of amides is 2. The highest BCUT2D eigenvalue weighted by Crippen LogP contribution is 2.25. The highest BCUT2D eigenvalue weighted by Gasteiger charge is 2.25. The molecule has 66 valence electrons. The third-order valence-electron chi connectivity index (χ3n) is 1.46. The summed E-state index contributed by atoms with van der Waals surface area (Å²) in [7, 11) is 0. The summed E-state index contributed by atoms with van der Waals surface area (Å²) in [5.41, 5.74) is 0. The molecule has 1 fully saturated rings. The zero-order valence-corrected chi connectivity index (χ0v) is 7.26. The van der Waals surface area contributed by atoms with Crippen molar-refractivity contribution in [3.63, 3.8) is 0 Å². The van der Waals surface area contributed by atoms with Crippen molar-refractivity contribution in [2.75, 3.05) is 0 Å². The van der Waals surface area contributed by atoms with Gasteiger partial charge in [0.05, 0.1) is 11.2 Å². The van der Waals surface area contributed by atoms with Crippen molar-refractivity contribution in [2.45, 2.75) is 0 Å². The van der Waals surface area contributed by atoms with Gasteiger partial charge in [-0.3, -0.25) is 14.9 Å². The summed E-state index contributed by atoms with van der Waals surface area (Å²) in [6.45, 7) is 0. The molecule has 0 aromatic carbocycles. The summed E-state index contributed by atoms with van der Waals surface area (Å²) >= 11 is 0.873. The number of rotatable bonds is 1. The van der Waals surface area contributed by atoms with Crippen LogP contribution in [-0.2, 0) is 4.79 Å². The molecule has 2 rings (SSSR count). The fourth-order valence-electron chi connectivity index (χ4n) is 0.924. The number of hydrogen-bond donors (Lipinski definition) is 1. The standard InChI is InChI=1S/C8H5NO3S/c10-7-6(13-8(11)9-7)4-5-2-1-3-12-5/h1-4H,(H,9,10,11). The number of thioether (sulfide) groups is 1. The van der Waals surface area contributed by atoms with E-state index in [2.05, 4.69) is 5.32 Å². The molecule has 1 aliphatic rings. The second-order valence-corrected chi connectivity index (χ2v) is 3.38. The van der Waals surface area contributed by atoms with E-state index in [-0.39, 0.29) is 11.1 Å². The van der Waals surface area contributed by atoms with E-state index in [1.165, 1.54) is 12.3 Å². The summed E-state index contributed by atoms with van der Waals surface area (Å²) in [6.07, 6.45) is 3.04. The molecular formula is C8H5NO3S. The lowest BCUT2D eigenvalue weighted by Gasteiger charge is -1.87. The van der Waals surface area contributed by atoms with Crippen LogP contribution < -0.4 is 5.32 Å². The molecule has 0 spiro atoms. The van der Waals surface area contributed by atoms with E-state index in [9.17, 15) is 9.59 Å². The fourth-order valence-corrected chi connectivity index (χ4v) is 1.59. The first-order valence-corrected chi connectivity index (χ1v) is 4.36. The Labute approximate surface area is 78.0 Å². The largest absolute Gasteiger partial charge is 0.465 e. The van der Waals surface area contributed by atoms with Crippen molar-refractivity contribution in [1.29, 1.82) is 0 Å². The molecule has 0 saturated carbocycles. The van der Waals surface area contributed by atoms with Crippen LogP contribution in [0.3, 0.4) is 0 Å². The van der Waals surface area contributed by atoms with Gasteiger partial charge in [0.1, 0.15) is 5.76 Å². The summed E-state index contributed by atoms with van der Waals surface area (Å²) in [5.74, 6) is 0.193. The van der Waals surface area contributed by atoms with Gasteiger partial charge in [-0.15, -0.1) is 0 Å². The zero-order valence-electron chi connectivity index (χ0n) is 6.44. The number of furan rings is 1. The van der Waals surface area contributed by atoms with Crippen molar-refractivity contribution in [2.24, 2.45) is 0 Å². The van der Waals surface area contributed by atoms with E-state index in [1.54, 1.807) is 12.1 Å². The lowest BCUT2D eigenvalue weighted by Crippen LogP contribution is -2.17. The molecule has 2 heterocycles. The Morgan fingerprint density at radius 3 is 2.85 bits per heavy atom. The van der Waals surface area contributed by atoms with Crippen LogP contribution in [0.1, 0.15) is 5.76 Å². The molecule has 0 aliphatic carbocycles. The number of carbonyl (C=O) groups is 2. The van der Waals surface area contributed by atoms with Gasteiger partial charge in [0.15, 0.2) is 0 Å². The van der Waals surface area contributed by atoms with Crippen LogP contribution >= 0.6 is 11.8 Å². The summed E-state index contributed by atoms with van der Waals surface area (Å²) in [5, 5.41) is 1.81. The monoisotopic (exact) mass is 195 g/mol. The van der Waals surface area contributed by atoms with Crippen LogP contribution in [0.25, 0.3) is 6.08 Å². The van der Waals surface area contributed by atoms with Crippen LogP contribution in [0, 0.1) is 0 Å². The summed E-state index contributed by atoms with van der Waals surface area (Å²) in [6, 6.07) is 3.43. The summed E-state index contributed by atoms with van der Waals surface area (Å²) in [4.78, 5) is 22.2. The van der Waals surface area contributed by atoms with Crippen molar-refractivity contribution in [1.82, 2.24) is 5.32 Å². The van der Waals surface area contributed by atoms with E-state index >= 15 is 0 Å². The Bertz CT molecular complexity index is 380. The molecule has 0 unspecified atom stereocenters. The van der Waals surface area contributed by atoms with Gasteiger partial charge in [-0.2, -0.15) is 0 Å². The van der Waals surface area contributed by atoms with E-state index in [0.29, 0.717) is 10.7 Å². The van der Waals surface area contributed by atoms with Gasteiger partial charge in [0.2, 0.25) is 0 Å². The SMILES string of the molecule is O=C1NC(=O)C(=Cc2ccco2)S1. The highest BCUT2D eigenvalue weighted by atomic mass is 32.2. The zero-order chi connectivity index (χ0) is 9.26. The maximum Gasteiger partial charge on any atom is 0.290 e. The number of imide groups is 1. The highest BCUT2D eigenvalue weighted by molar-refractivity contribution is 8.18. The second kappa shape index (κ2) is 3.10. The molecule has 1 aromatic heterocycles. The Morgan fingerprint density at radius 2 is 2.31 bits per heavy atom. The molecule has 13 heavy (non-hydrogen) atoms. The molecule has 1 saturated heterocycles. The van der Waals surface area contributed by atoms with Gasteiger partial charge in [-0.05, 0) is 23.9 Å². The average molecular weight is 195 g/mol. The normalized spacial score (nSPS) is 19.5. The van der Waals surface area contributed by atoms with Crippen LogP contribution in [0.2, 0.25) is 0 Å². The molecular weight excluding hydrogens is 190 g/mol. The topological polar surface area (TPSA) is 59.3 Å². The minimum absolute atomic E-state index is 0.345. The van der Waals surface area contributed by atoms with Gasteiger partial charge in [0.25, 0.3) is 11.1 Å². The summed E-state index contributed by atoms with van der Waals surface area (Å²) < 4.78 is 5.00. The Kier molecular flexibility index (Phi) is 1.94. The molecule has 1 aromatic rings. The predicted octanol–water partition coefficient (Wildman–Crippen LogP) is 1.60. The lowest BCUT2D eigenvalue weighted by molar-refractivity contribution is -0.115. The van der Waals surface area contributed by atoms with Gasteiger partial charge >= 0.3 is 0 Å². The van der Waals surface area contributed by atoms with Gasteiger partial charge < -0.3 is 4.42 Å². The van der Waals surface area contributed by atoms with Crippen molar-refractivity contribution in [3.05, 3.63) is 29.1 Å². The van der Waals surface area contributed by atoms with Crippen molar-refractivity contribution < 1.29 is 14.0 Å². The fraction of sp³-hybridized carbons (Fsp3) is 0. The maximum atomic E-state index is 11.0. The van der Waals surface area contributed by atoms with E-state index in [4.69, 9.17) is 4.42 Å². The molecule has 1 aliphatic heterocycles. The Hall–Kier alpha value is -1.49. The molecule has 0 atom stereocenters. The molecule has 2 amide bonds. The first-order valence-electron chi connectivity index (χ1n) is 3.54. The molecule has 5 heteroatoms. The Morgan fingerprint density at radius 1 is 1.46 bits per heavy atom. The van der Waals surface area contributed by atoms with Crippen molar-refractivity contribution >= 4 is 29.0 Å². The second-order valence-electron chi connectivity index (χ2n) is 2.37. The van der Waals surface area contributed by atoms with Crippen LogP contribution in [0.5, 0.6) is 0 Å². The Balaban J connectivity index is 2.27. The maximum absolute atomic E-state index is 11.0. The van der Waals surface area contributed by atoms with E-state index in [0.717, 1.165) is 11.8 Å². The molecule has 1 N–H and O–H groups in total. The first kappa shape index (κ1) is 8.12. The molecule has 0 radical (unpaired) electrons. The van der Waals surface area contributed by atoms with E-state index < -0.39 is 0 Å². The number of nitrogens with one attached hydrogen (secondary N) is 1. The number of carbonyl (C=O) groups excluding carboxylic acids is 2. The van der Waals surface area contributed by atoms with Crippen LogP contribution in [-0.4, -0.2) is 11.1 Å². The van der Waals surface area contributed by atoms with E-state index in [1.807, 2.05) is 0 Å². The lowest BCUT2D eigenvalue weighted by atomic mass is 10.4.